The summed E-state index contributed by atoms with van der Waals surface area (Å²) in [6.07, 6.45) is 3.57. The lowest BCUT2D eigenvalue weighted by Crippen LogP contribution is -2.19. The number of nitrogens with one attached hydrogen (secondary N) is 1. The molecular weight excluding hydrogens is 430 g/mol. The highest BCUT2D eigenvalue weighted by molar-refractivity contribution is 5.97. The number of aryl methyl sites for hydroxylation is 1. The van der Waals surface area contributed by atoms with Crippen LogP contribution < -0.4 is 11.1 Å². The third-order valence-electron chi connectivity index (χ3n) is 5.32. The molecule has 0 fully saturated rings. The predicted molar refractivity (Wildman–Crippen MR) is 129 cm³/mol. The summed E-state index contributed by atoms with van der Waals surface area (Å²) in [7, 11) is 0. The van der Waals surface area contributed by atoms with E-state index in [0.717, 1.165) is 16.9 Å². The average molecular weight is 456 g/mol. The summed E-state index contributed by atoms with van der Waals surface area (Å²) >= 11 is 0. The Kier molecular flexibility index (Phi) is 5.95. The van der Waals surface area contributed by atoms with Crippen LogP contribution in [-0.2, 0) is 11.8 Å². The van der Waals surface area contributed by atoms with Crippen LogP contribution in [0.4, 0.5) is 10.5 Å². The van der Waals surface area contributed by atoms with E-state index in [-0.39, 0.29) is 17.6 Å². The molecule has 0 aliphatic rings. The van der Waals surface area contributed by atoms with E-state index in [1.165, 1.54) is 0 Å². The number of rotatable bonds is 4. The second kappa shape index (κ2) is 8.87. The Morgan fingerprint density at radius 3 is 2.68 bits per heavy atom. The van der Waals surface area contributed by atoms with Crippen molar-refractivity contribution < 1.29 is 14.1 Å². The molecule has 3 heterocycles. The van der Waals surface area contributed by atoms with Crippen LogP contribution in [0.2, 0.25) is 0 Å². The Labute approximate surface area is 197 Å². The fourth-order valence-corrected chi connectivity index (χ4v) is 3.41. The summed E-state index contributed by atoms with van der Waals surface area (Å²) < 4.78 is 7.15. The van der Waals surface area contributed by atoms with Gasteiger partial charge in [-0.2, -0.15) is 0 Å². The van der Waals surface area contributed by atoms with E-state index in [0.29, 0.717) is 28.3 Å². The van der Waals surface area contributed by atoms with Gasteiger partial charge in [-0.1, -0.05) is 44.0 Å². The van der Waals surface area contributed by atoms with Crippen LogP contribution >= 0.6 is 0 Å². The number of pyridine rings is 1. The Bertz CT molecular complexity index is 1460. The van der Waals surface area contributed by atoms with E-state index in [1.54, 1.807) is 41.1 Å². The summed E-state index contributed by atoms with van der Waals surface area (Å²) in [5, 5.41) is 6.60. The number of ketones is 1. The zero-order chi connectivity index (χ0) is 24.5. The Morgan fingerprint density at radius 1 is 1.18 bits per heavy atom. The number of primary amides is 1. The molecule has 0 aliphatic carbocycles. The van der Waals surface area contributed by atoms with Gasteiger partial charge in [0.1, 0.15) is 11.5 Å². The third-order valence-corrected chi connectivity index (χ3v) is 5.32. The fraction of sp³-hybridized carbons (Fsp3) is 0.231. The average Bonchev–Trinajstić information content (AvgIpc) is 3.40. The quantitative estimate of drug-likeness (QED) is 0.353. The van der Waals surface area contributed by atoms with Crippen molar-refractivity contribution in [3.05, 3.63) is 82.6 Å². The topological polar surface area (TPSA) is 116 Å². The largest absolute Gasteiger partial charge is 0.361 e. The zero-order valence-electron chi connectivity index (χ0n) is 19.5. The van der Waals surface area contributed by atoms with Gasteiger partial charge in [0.15, 0.2) is 11.4 Å². The molecule has 0 aliphatic heterocycles. The molecule has 8 heteroatoms. The first-order chi connectivity index (χ1) is 16.1. The zero-order valence-corrected chi connectivity index (χ0v) is 19.5. The number of fused-ring (bicyclic) bond motifs is 1. The molecule has 172 valence electrons. The summed E-state index contributed by atoms with van der Waals surface area (Å²) in [5.74, 6) is 6.93. The molecule has 0 radical (unpaired) electrons. The van der Waals surface area contributed by atoms with Gasteiger partial charge in [0.2, 0.25) is 0 Å². The molecular formula is C26H25N5O3. The molecule has 2 amide bonds. The third kappa shape index (κ3) is 4.84. The second-order valence-electron chi connectivity index (χ2n) is 9.06. The molecule has 8 nitrogen and oxygen atoms in total. The Balaban J connectivity index is 1.59. The minimum atomic E-state index is -0.666. The maximum Gasteiger partial charge on any atom is 0.316 e. The van der Waals surface area contributed by atoms with Gasteiger partial charge in [-0.25, -0.2) is 9.78 Å². The molecule has 0 saturated heterocycles. The van der Waals surface area contributed by atoms with Gasteiger partial charge >= 0.3 is 6.03 Å². The van der Waals surface area contributed by atoms with Crippen molar-refractivity contribution in [3.8, 4) is 11.8 Å². The van der Waals surface area contributed by atoms with Gasteiger partial charge in [0.25, 0.3) is 0 Å². The minimum Gasteiger partial charge on any atom is -0.361 e. The van der Waals surface area contributed by atoms with Crippen LogP contribution in [0.15, 0.2) is 53.3 Å². The minimum absolute atomic E-state index is 0.0613. The lowest BCUT2D eigenvalue weighted by atomic mass is 9.93. The smallest absolute Gasteiger partial charge is 0.316 e. The van der Waals surface area contributed by atoms with Gasteiger partial charge in [0.05, 0.1) is 24.0 Å². The first kappa shape index (κ1) is 22.8. The van der Waals surface area contributed by atoms with Crippen molar-refractivity contribution in [2.75, 3.05) is 5.32 Å². The highest BCUT2D eigenvalue weighted by atomic mass is 16.5. The highest BCUT2D eigenvalue weighted by Gasteiger charge is 2.21. The number of nitrogens with two attached hydrogens (primary N) is 1. The van der Waals surface area contributed by atoms with Crippen molar-refractivity contribution >= 4 is 23.1 Å². The molecule has 1 aromatic carbocycles. The van der Waals surface area contributed by atoms with Crippen molar-refractivity contribution in [2.45, 2.75) is 39.5 Å². The number of anilines is 1. The summed E-state index contributed by atoms with van der Waals surface area (Å²) in [6, 6.07) is 10.1. The van der Waals surface area contributed by atoms with Crippen LogP contribution in [-0.4, -0.2) is 26.4 Å². The molecule has 0 atom stereocenters. The van der Waals surface area contributed by atoms with Gasteiger partial charge in [-0.15, -0.1) is 0 Å². The molecule has 0 spiro atoms. The first-order valence-electron chi connectivity index (χ1n) is 10.8. The predicted octanol–water partition coefficient (Wildman–Crippen LogP) is 4.24. The van der Waals surface area contributed by atoms with Crippen molar-refractivity contribution in [1.82, 2.24) is 14.5 Å². The van der Waals surface area contributed by atoms with E-state index in [2.05, 4.69) is 27.3 Å². The monoisotopic (exact) mass is 455 g/mol. The van der Waals surface area contributed by atoms with Crippen molar-refractivity contribution in [3.63, 3.8) is 0 Å². The van der Waals surface area contributed by atoms with Crippen LogP contribution in [0.5, 0.6) is 0 Å². The van der Waals surface area contributed by atoms with E-state index >= 15 is 0 Å². The number of benzene rings is 1. The number of nitrogens with zero attached hydrogens (tertiary/aromatic N) is 3. The number of carbonyl (C=O) groups is 2. The summed E-state index contributed by atoms with van der Waals surface area (Å²) in [6.45, 7) is 8.03. The van der Waals surface area contributed by atoms with E-state index in [4.69, 9.17) is 10.3 Å². The number of aromatic nitrogens is 3. The van der Waals surface area contributed by atoms with E-state index < -0.39 is 6.03 Å². The maximum atomic E-state index is 12.9. The van der Waals surface area contributed by atoms with Crippen LogP contribution in [0, 0.1) is 18.8 Å². The molecule has 0 unspecified atom stereocenters. The number of imidazole rings is 1. The van der Waals surface area contributed by atoms with Crippen LogP contribution in [0.25, 0.3) is 5.65 Å². The lowest BCUT2D eigenvalue weighted by molar-refractivity contribution is 0.0990. The molecule has 0 bridgehead atoms. The molecule has 3 N–H and O–H groups in total. The normalized spacial score (nSPS) is 11.2. The maximum absolute atomic E-state index is 12.9. The van der Waals surface area contributed by atoms with Crippen LogP contribution in [0.3, 0.4) is 0 Å². The Morgan fingerprint density at radius 2 is 1.97 bits per heavy atom. The number of urea groups is 1. The molecule has 4 rings (SSSR count). The van der Waals surface area contributed by atoms with E-state index in [1.807, 2.05) is 39.8 Å². The van der Waals surface area contributed by atoms with Gasteiger partial charge in [0, 0.05) is 28.8 Å². The lowest BCUT2D eigenvalue weighted by Gasteiger charge is -2.12. The highest BCUT2D eigenvalue weighted by Crippen LogP contribution is 2.23. The number of carbonyl (C=O) groups excluding carboxylic acids is 2. The van der Waals surface area contributed by atoms with Crippen LogP contribution in [0.1, 0.15) is 59.4 Å². The number of amides is 2. The number of Topliss-reactive ketones (excluding diaryl/α,β-unsaturated/α-hetero) is 1. The first-order valence-corrected chi connectivity index (χ1v) is 10.8. The second-order valence-corrected chi connectivity index (χ2v) is 9.06. The van der Waals surface area contributed by atoms with E-state index in [9.17, 15) is 9.59 Å². The summed E-state index contributed by atoms with van der Waals surface area (Å²) in [4.78, 5) is 28.4. The molecule has 34 heavy (non-hydrogen) atoms. The standard InChI is InChI=1S/C26H25N5O3/c1-16-7-8-18(22(32)13-19-14-23(34-30-19)26(2,3)4)12-17(16)9-10-20-15-28-24-21(29-25(27)33)6-5-11-31(20)24/h5-8,11-12,14-15H,13H2,1-4H3,(H3,27,29,33). The number of hydrogen-bond donors (Lipinski definition) is 2. The van der Waals surface area contributed by atoms with Crippen molar-refractivity contribution in [1.29, 1.82) is 0 Å². The summed E-state index contributed by atoms with van der Waals surface area (Å²) in [5.41, 5.74) is 9.57. The molecule has 0 saturated carbocycles. The van der Waals surface area contributed by atoms with Gasteiger partial charge in [-0.3, -0.25) is 9.20 Å². The number of hydrogen-bond acceptors (Lipinski definition) is 5. The fourth-order valence-electron chi connectivity index (χ4n) is 3.41. The van der Waals surface area contributed by atoms with Gasteiger partial charge < -0.3 is 15.6 Å². The van der Waals surface area contributed by atoms with Crippen molar-refractivity contribution in [2.24, 2.45) is 5.73 Å². The van der Waals surface area contributed by atoms with Gasteiger partial charge in [-0.05, 0) is 36.6 Å². The molecule has 3 aromatic heterocycles. The SMILES string of the molecule is Cc1ccc(C(=O)Cc2cc(C(C)(C)C)on2)cc1C#Cc1cnc2c(NC(N)=O)cccn12. The molecule has 4 aromatic rings. The Hall–Kier alpha value is -4.38.